The number of nitrogens with zero attached hydrogens (tertiary/aromatic N) is 4. The highest BCUT2D eigenvalue weighted by Crippen LogP contribution is 2.33. The maximum Gasteiger partial charge on any atom is 0.341 e. The van der Waals surface area contributed by atoms with E-state index in [2.05, 4.69) is 40.4 Å². The SMILES string of the molecule is O=C(Nc1cccc2[nH]c(=O)[nH]c12)N(Cc1ccc(Cl)cc1N1CCCCC1)N(Cc1ccc(Cl)cc1N1CCCC1)C(=O)Nc1cccc2[nH]c(=O)[nH]c12. The molecule has 2 aliphatic rings. The van der Waals surface area contributed by atoms with Gasteiger partial charge in [-0.3, -0.25) is 0 Å². The molecular formula is C39H40Cl2N10O4. The zero-order chi connectivity index (χ0) is 38.1. The van der Waals surface area contributed by atoms with Crippen molar-refractivity contribution >= 4 is 80.1 Å². The van der Waals surface area contributed by atoms with Gasteiger partial charge < -0.3 is 40.4 Å². The summed E-state index contributed by atoms with van der Waals surface area (Å²) in [5.74, 6) is 0. The fourth-order valence-electron chi connectivity index (χ4n) is 7.56. The van der Waals surface area contributed by atoms with E-state index in [9.17, 15) is 19.2 Å². The number of carbonyl (C=O) groups excluding carboxylic acids is 2. The number of anilines is 4. The van der Waals surface area contributed by atoms with Crippen LogP contribution in [0.1, 0.15) is 43.2 Å². The number of aromatic amines is 4. The average Bonchev–Trinajstić information content (AvgIpc) is 3.94. The number of benzene rings is 4. The highest BCUT2D eigenvalue weighted by atomic mass is 35.5. The van der Waals surface area contributed by atoms with Crippen molar-refractivity contribution in [3.63, 3.8) is 0 Å². The van der Waals surface area contributed by atoms with E-state index in [0.29, 0.717) is 43.5 Å². The van der Waals surface area contributed by atoms with Crippen LogP contribution in [0.25, 0.3) is 22.1 Å². The van der Waals surface area contributed by atoms with Crippen molar-refractivity contribution in [2.24, 2.45) is 0 Å². The third-order valence-corrected chi connectivity index (χ3v) is 10.7. The molecule has 14 nitrogen and oxygen atoms in total. The maximum atomic E-state index is 14.9. The first-order chi connectivity index (χ1) is 26.7. The van der Waals surface area contributed by atoms with Crippen LogP contribution in [-0.4, -0.2) is 68.2 Å². The number of para-hydroxylation sites is 2. The molecule has 8 rings (SSSR count). The van der Waals surface area contributed by atoms with Gasteiger partial charge in [0.05, 0.1) is 46.5 Å². The van der Waals surface area contributed by atoms with Gasteiger partial charge in [-0.2, -0.15) is 0 Å². The smallest absolute Gasteiger partial charge is 0.341 e. The number of fused-ring (bicyclic) bond motifs is 2. The molecule has 0 radical (unpaired) electrons. The van der Waals surface area contributed by atoms with E-state index in [0.717, 1.165) is 80.8 Å². The van der Waals surface area contributed by atoms with E-state index in [4.69, 9.17) is 23.2 Å². The van der Waals surface area contributed by atoms with Gasteiger partial charge in [-0.25, -0.2) is 29.2 Å². The average molecular weight is 784 g/mol. The highest BCUT2D eigenvalue weighted by molar-refractivity contribution is 6.31. The normalized spacial score (nSPS) is 14.4. The number of H-pyrrole nitrogens is 4. The summed E-state index contributed by atoms with van der Waals surface area (Å²) in [5.41, 5.74) is 5.00. The second-order valence-electron chi connectivity index (χ2n) is 13.9. The van der Waals surface area contributed by atoms with Gasteiger partial charge in [0.25, 0.3) is 0 Å². The number of nitrogens with one attached hydrogen (secondary N) is 6. The Kier molecular flexibility index (Phi) is 10.2. The first kappa shape index (κ1) is 36.1. The van der Waals surface area contributed by atoms with Gasteiger partial charge in [-0.05, 0) is 91.8 Å². The molecule has 0 saturated carbocycles. The molecule has 0 unspecified atom stereocenters. The molecule has 2 fully saturated rings. The van der Waals surface area contributed by atoms with Gasteiger partial charge in [0.1, 0.15) is 0 Å². The summed E-state index contributed by atoms with van der Waals surface area (Å²) in [6.07, 6.45) is 5.21. The summed E-state index contributed by atoms with van der Waals surface area (Å²) in [4.78, 5) is 69.9. The lowest BCUT2D eigenvalue weighted by Gasteiger charge is -2.37. The van der Waals surface area contributed by atoms with Crippen LogP contribution in [0.5, 0.6) is 0 Å². The number of carbonyl (C=O) groups is 2. The molecule has 0 bridgehead atoms. The lowest BCUT2D eigenvalue weighted by Crippen LogP contribution is -2.52. The fourth-order valence-corrected chi connectivity index (χ4v) is 7.90. The van der Waals surface area contributed by atoms with E-state index >= 15 is 0 Å². The summed E-state index contributed by atoms with van der Waals surface area (Å²) >= 11 is 13.1. The van der Waals surface area contributed by atoms with Crippen molar-refractivity contribution in [3.8, 4) is 0 Å². The number of rotatable bonds is 8. The minimum atomic E-state index is -0.631. The summed E-state index contributed by atoms with van der Waals surface area (Å²) in [6.45, 7) is 3.26. The standard InChI is InChI=1S/C39H40Cl2N10O4/c40-26-14-12-24(32(20-26)48-16-2-1-3-17-48)22-50(38(54)44-30-10-6-8-28-34(30)46-36(52)42-28)51(23-25-13-15-27(41)21-33(25)49-18-4-5-19-49)39(55)45-31-11-7-9-29-35(31)47-37(53)43-29/h6-15,20-21H,1-5,16-19,22-23H2,(H,44,54)(H,45,55)(H2,42,46,52)(H2,43,47,53). The Morgan fingerprint density at radius 1 is 0.582 bits per heavy atom. The summed E-state index contributed by atoms with van der Waals surface area (Å²) < 4.78 is 0. The Morgan fingerprint density at radius 2 is 1.00 bits per heavy atom. The van der Waals surface area contributed by atoms with Crippen molar-refractivity contribution in [1.29, 1.82) is 0 Å². The number of hydrazine groups is 1. The zero-order valence-electron chi connectivity index (χ0n) is 29.9. The van der Waals surface area contributed by atoms with Crippen molar-refractivity contribution in [3.05, 3.63) is 115 Å². The quantitative estimate of drug-likeness (QED) is 0.0869. The Morgan fingerprint density at radius 3 is 1.44 bits per heavy atom. The molecule has 2 aromatic heterocycles. The number of urea groups is 2. The Bertz CT molecular complexity index is 2500. The zero-order valence-corrected chi connectivity index (χ0v) is 31.4. The number of amides is 4. The molecule has 6 N–H and O–H groups in total. The van der Waals surface area contributed by atoms with Crippen LogP contribution in [-0.2, 0) is 13.1 Å². The summed E-state index contributed by atoms with van der Waals surface area (Å²) in [7, 11) is 0. The fraction of sp³-hybridized carbons (Fsp3) is 0.282. The number of halogens is 2. The summed E-state index contributed by atoms with van der Waals surface area (Å²) in [6, 6.07) is 20.1. The summed E-state index contributed by atoms with van der Waals surface area (Å²) in [5, 5.41) is 9.81. The van der Waals surface area contributed by atoms with Gasteiger partial charge in [-0.1, -0.05) is 47.5 Å². The van der Waals surface area contributed by atoms with E-state index in [1.165, 1.54) is 10.0 Å². The van der Waals surface area contributed by atoms with E-state index in [1.54, 1.807) is 48.5 Å². The van der Waals surface area contributed by atoms with Crippen LogP contribution in [0.4, 0.5) is 32.3 Å². The predicted octanol–water partition coefficient (Wildman–Crippen LogP) is 7.61. The molecule has 4 amide bonds. The Balaban J connectivity index is 1.25. The predicted molar refractivity (Wildman–Crippen MR) is 217 cm³/mol. The van der Waals surface area contributed by atoms with Gasteiger partial charge in [0.15, 0.2) is 0 Å². The molecule has 4 heterocycles. The van der Waals surface area contributed by atoms with E-state index < -0.39 is 23.4 Å². The third kappa shape index (κ3) is 7.73. The number of aromatic nitrogens is 4. The first-order valence-corrected chi connectivity index (χ1v) is 19.1. The molecule has 16 heteroatoms. The van der Waals surface area contributed by atoms with Gasteiger partial charge in [0, 0.05) is 47.6 Å². The van der Waals surface area contributed by atoms with Crippen LogP contribution in [0, 0.1) is 0 Å². The lowest BCUT2D eigenvalue weighted by molar-refractivity contribution is 0.0470. The highest BCUT2D eigenvalue weighted by Gasteiger charge is 2.31. The molecule has 0 atom stereocenters. The van der Waals surface area contributed by atoms with E-state index in [-0.39, 0.29) is 13.1 Å². The molecule has 0 spiro atoms. The molecular weight excluding hydrogens is 743 g/mol. The second-order valence-corrected chi connectivity index (χ2v) is 14.8. The van der Waals surface area contributed by atoms with Crippen LogP contribution in [0.2, 0.25) is 10.0 Å². The van der Waals surface area contributed by atoms with Gasteiger partial charge in [0.2, 0.25) is 0 Å². The Hall–Kier alpha value is -5.86. The minimum Gasteiger partial charge on any atom is -0.371 e. The van der Waals surface area contributed by atoms with Crippen molar-refractivity contribution in [1.82, 2.24) is 30.0 Å². The topological polar surface area (TPSA) is 168 Å². The van der Waals surface area contributed by atoms with Crippen molar-refractivity contribution < 1.29 is 9.59 Å². The maximum absolute atomic E-state index is 14.9. The van der Waals surface area contributed by atoms with Crippen molar-refractivity contribution in [2.75, 3.05) is 46.6 Å². The number of piperidine rings is 1. The molecule has 2 saturated heterocycles. The molecule has 2 aliphatic heterocycles. The number of hydrogen-bond donors (Lipinski definition) is 6. The lowest BCUT2D eigenvalue weighted by atomic mass is 10.1. The van der Waals surface area contributed by atoms with E-state index in [1.807, 2.05) is 24.3 Å². The second kappa shape index (κ2) is 15.5. The van der Waals surface area contributed by atoms with Crippen LogP contribution < -0.4 is 31.8 Å². The first-order valence-electron chi connectivity index (χ1n) is 18.4. The molecule has 0 aliphatic carbocycles. The third-order valence-electron chi connectivity index (χ3n) is 10.2. The van der Waals surface area contributed by atoms with Crippen LogP contribution in [0.3, 0.4) is 0 Å². The Labute approximate surface area is 325 Å². The van der Waals surface area contributed by atoms with Gasteiger partial charge in [-0.15, -0.1) is 0 Å². The monoisotopic (exact) mass is 782 g/mol. The van der Waals surface area contributed by atoms with Crippen molar-refractivity contribution in [2.45, 2.75) is 45.2 Å². The van der Waals surface area contributed by atoms with Crippen LogP contribution >= 0.6 is 23.2 Å². The number of hydrogen-bond acceptors (Lipinski definition) is 6. The largest absolute Gasteiger partial charge is 0.371 e. The minimum absolute atomic E-state index is 0.0281. The molecule has 55 heavy (non-hydrogen) atoms. The molecule has 4 aromatic carbocycles. The van der Waals surface area contributed by atoms with Crippen LogP contribution in [0.15, 0.2) is 82.4 Å². The molecule has 6 aromatic rings. The number of imidazole rings is 2. The van der Waals surface area contributed by atoms with Gasteiger partial charge >= 0.3 is 23.4 Å². The molecule has 284 valence electrons.